The zero-order valence-electron chi connectivity index (χ0n) is 19.6. The van der Waals surface area contributed by atoms with Gasteiger partial charge in [-0.2, -0.15) is 0 Å². The monoisotopic (exact) mass is 574 g/mol. The summed E-state index contributed by atoms with van der Waals surface area (Å²) in [6.07, 6.45) is 4.63. The molecule has 194 valence electrons. The summed E-state index contributed by atoms with van der Waals surface area (Å²) in [4.78, 5) is 15.1. The number of nitrogens with zero attached hydrogens (tertiary/aromatic N) is 2. The van der Waals surface area contributed by atoms with E-state index in [2.05, 4.69) is 4.98 Å². The van der Waals surface area contributed by atoms with E-state index in [1.54, 1.807) is 24.7 Å². The number of esters is 1. The highest BCUT2D eigenvalue weighted by Gasteiger charge is 2.23. The van der Waals surface area contributed by atoms with Crippen LogP contribution in [-0.2, 0) is 25.9 Å². The molecule has 1 heterocycles. The first-order valence-corrected chi connectivity index (χ1v) is 13.7. The Labute approximate surface area is 225 Å². The second-order valence-corrected chi connectivity index (χ2v) is 11.1. The minimum Gasteiger partial charge on any atom is -0.493 e. The van der Waals surface area contributed by atoms with E-state index in [1.807, 2.05) is 17.7 Å². The highest BCUT2D eigenvalue weighted by Crippen LogP contribution is 2.37. The van der Waals surface area contributed by atoms with Crippen LogP contribution in [0.5, 0.6) is 11.5 Å². The van der Waals surface area contributed by atoms with Crippen molar-refractivity contribution in [3.63, 3.8) is 0 Å². The number of halogens is 3. The minimum atomic E-state index is -3.92. The topological polar surface area (TPSA) is 96.7 Å². The fourth-order valence-electron chi connectivity index (χ4n) is 3.25. The number of ether oxygens (including phenoxy) is 3. The quantitative estimate of drug-likeness (QED) is 0.214. The molecule has 36 heavy (non-hydrogen) atoms. The summed E-state index contributed by atoms with van der Waals surface area (Å²) in [6, 6.07) is 8.62. The summed E-state index contributed by atoms with van der Waals surface area (Å²) in [7, 11) is -3.92. The molecule has 0 bridgehead atoms. The number of hydrogen-bond donors (Lipinski definition) is 0. The molecule has 8 nitrogen and oxygen atoms in total. The van der Waals surface area contributed by atoms with Crippen molar-refractivity contribution in [2.24, 2.45) is 5.92 Å². The lowest BCUT2D eigenvalue weighted by molar-refractivity contribution is -0.146. The molecule has 0 unspecified atom stereocenters. The standard InChI is InChI=1S/C24H25Cl3N2O6S/c1-16(12-29-8-7-28-15-29)13-33-18-3-5-20(6-4-18)36(31,32)21-9-22(26)24(23(27)10-21)34-14-19(11-25)35-17(2)30/h3-10,15-16,19H,11-14H2,1-2H3/t16-,19+/m0/s1. The van der Waals surface area contributed by atoms with Gasteiger partial charge in [-0.15, -0.1) is 11.6 Å². The van der Waals surface area contributed by atoms with Crippen LogP contribution in [0.3, 0.4) is 0 Å². The van der Waals surface area contributed by atoms with E-state index in [9.17, 15) is 13.2 Å². The Balaban J connectivity index is 1.67. The molecule has 0 aliphatic rings. The van der Waals surface area contributed by atoms with Crippen molar-refractivity contribution >= 4 is 50.6 Å². The molecule has 2 aromatic carbocycles. The van der Waals surface area contributed by atoms with E-state index in [0.29, 0.717) is 12.4 Å². The third kappa shape index (κ3) is 7.52. The fraction of sp³-hybridized carbons (Fsp3) is 0.333. The van der Waals surface area contributed by atoms with Gasteiger partial charge < -0.3 is 18.8 Å². The Kier molecular flexibility index (Phi) is 9.90. The Bertz CT molecular complexity index is 1240. The first-order chi connectivity index (χ1) is 17.1. The van der Waals surface area contributed by atoms with Crippen molar-refractivity contribution in [1.82, 2.24) is 9.55 Å². The van der Waals surface area contributed by atoms with Gasteiger partial charge in [0.1, 0.15) is 18.5 Å². The van der Waals surface area contributed by atoms with Crippen molar-refractivity contribution in [1.29, 1.82) is 0 Å². The second-order valence-electron chi connectivity index (χ2n) is 8.06. The van der Waals surface area contributed by atoms with Gasteiger partial charge in [-0.3, -0.25) is 4.79 Å². The Hall–Kier alpha value is -2.46. The number of imidazole rings is 1. The van der Waals surface area contributed by atoms with Gasteiger partial charge >= 0.3 is 5.97 Å². The molecule has 0 spiro atoms. The van der Waals surface area contributed by atoms with Crippen LogP contribution < -0.4 is 9.47 Å². The average molecular weight is 576 g/mol. The van der Waals surface area contributed by atoms with Crippen molar-refractivity contribution in [2.45, 2.75) is 36.3 Å². The van der Waals surface area contributed by atoms with Gasteiger partial charge in [0.2, 0.25) is 9.84 Å². The number of rotatable bonds is 12. The molecule has 0 fully saturated rings. The maximum Gasteiger partial charge on any atom is 0.303 e. The largest absolute Gasteiger partial charge is 0.493 e. The predicted molar refractivity (Wildman–Crippen MR) is 137 cm³/mol. The molecule has 12 heteroatoms. The van der Waals surface area contributed by atoms with E-state index in [0.717, 1.165) is 6.54 Å². The van der Waals surface area contributed by atoms with Crippen LogP contribution in [0, 0.1) is 5.92 Å². The van der Waals surface area contributed by atoms with E-state index in [4.69, 9.17) is 49.0 Å². The molecule has 0 radical (unpaired) electrons. The smallest absolute Gasteiger partial charge is 0.303 e. The molecule has 3 rings (SSSR count). The van der Waals surface area contributed by atoms with Gasteiger partial charge in [0.15, 0.2) is 5.75 Å². The highest BCUT2D eigenvalue weighted by atomic mass is 35.5. The van der Waals surface area contributed by atoms with Gasteiger partial charge in [0.25, 0.3) is 0 Å². The zero-order valence-corrected chi connectivity index (χ0v) is 22.6. The second kappa shape index (κ2) is 12.7. The maximum atomic E-state index is 13.2. The number of hydrogen-bond acceptors (Lipinski definition) is 7. The van der Waals surface area contributed by atoms with Crippen molar-refractivity contribution < 1.29 is 27.4 Å². The first kappa shape index (κ1) is 28.1. The molecule has 0 aliphatic carbocycles. The molecule has 0 saturated heterocycles. The normalized spacial score (nSPS) is 13.1. The molecule has 0 saturated carbocycles. The molecule has 1 aromatic heterocycles. The Morgan fingerprint density at radius 1 is 1.06 bits per heavy atom. The molecule has 2 atom stereocenters. The Morgan fingerprint density at radius 3 is 2.28 bits per heavy atom. The van der Waals surface area contributed by atoms with Crippen molar-refractivity contribution in [3.05, 3.63) is 65.2 Å². The van der Waals surface area contributed by atoms with Crippen LogP contribution in [0.15, 0.2) is 64.9 Å². The number of aromatic nitrogens is 2. The molecule has 3 aromatic rings. The molecular weight excluding hydrogens is 551 g/mol. The number of carbonyl (C=O) groups excluding carboxylic acids is 1. The van der Waals surface area contributed by atoms with E-state index < -0.39 is 21.9 Å². The number of sulfone groups is 1. The minimum absolute atomic E-state index is 0.00448. The lowest BCUT2D eigenvalue weighted by atomic mass is 10.2. The van der Waals surface area contributed by atoms with Gasteiger partial charge in [-0.25, -0.2) is 13.4 Å². The lowest BCUT2D eigenvalue weighted by Gasteiger charge is -2.17. The van der Waals surface area contributed by atoms with E-state index >= 15 is 0 Å². The van der Waals surface area contributed by atoms with Crippen LogP contribution in [0.2, 0.25) is 10.0 Å². The van der Waals surface area contributed by atoms with Crippen molar-refractivity contribution in [2.75, 3.05) is 19.1 Å². The van der Waals surface area contributed by atoms with Crippen LogP contribution >= 0.6 is 34.8 Å². The number of alkyl halides is 1. The maximum absolute atomic E-state index is 13.2. The SMILES string of the molecule is CC(=O)O[C@H](CCl)COc1c(Cl)cc(S(=O)(=O)c2ccc(OC[C@@H](C)Cn3ccnc3)cc2)cc1Cl. The summed E-state index contributed by atoms with van der Waals surface area (Å²) >= 11 is 18.3. The Morgan fingerprint density at radius 2 is 1.72 bits per heavy atom. The number of carbonyl (C=O) groups is 1. The van der Waals surface area contributed by atoms with Crippen LogP contribution in [0.25, 0.3) is 0 Å². The molecular formula is C24H25Cl3N2O6S. The third-order valence-corrected chi connectivity index (χ3v) is 7.61. The van der Waals surface area contributed by atoms with Crippen LogP contribution in [0.1, 0.15) is 13.8 Å². The molecule has 0 aliphatic heterocycles. The van der Waals surface area contributed by atoms with E-state index in [1.165, 1.54) is 31.2 Å². The summed E-state index contributed by atoms with van der Waals surface area (Å²) in [5.74, 6) is 0.329. The summed E-state index contributed by atoms with van der Waals surface area (Å²) in [6.45, 7) is 4.41. The molecule has 0 N–H and O–H groups in total. The van der Waals surface area contributed by atoms with Gasteiger partial charge in [0.05, 0.1) is 38.7 Å². The van der Waals surface area contributed by atoms with Crippen LogP contribution in [-0.4, -0.2) is 49.1 Å². The summed E-state index contributed by atoms with van der Waals surface area (Å²) < 4.78 is 44.6. The summed E-state index contributed by atoms with van der Waals surface area (Å²) in [5, 5.41) is -0.0203. The van der Waals surface area contributed by atoms with Gasteiger partial charge in [-0.1, -0.05) is 30.1 Å². The molecule has 0 amide bonds. The third-order valence-electron chi connectivity index (χ3n) is 4.95. The van der Waals surface area contributed by atoms with Crippen LogP contribution in [0.4, 0.5) is 0 Å². The summed E-state index contributed by atoms with van der Waals surface area (Å²) in [5.41, 5.74) is 0. The fourth-order valence-corrected chi connectivity index (χ4v) is 5.44. The lowest BCUT2D eigenvalue weighted by Crippen LogP contribution is -2.25. The number of benzene rings is 2. The van der Waals surface area contributed by atoms with Crippen molar-refractivity contribution in [3.8, 4) is 11.5 Å². The predicted octanol–water partition coefficient (Wildman–Crippen LogP) is 5.29. The first-order valence-electron chi connectivity index (χ1n) is 10.9. The van der Waals surface area contributed by atoms with Gasteiger partial charge in [0, 0.05) is 31.8 Å². The highest BCUT2D eigenvalue weighted by molar-refractivity contribution is 7.91. The zero-order chi connectivity index (χ0) is 26.3. The van der Waals surface area contributed by atoms with Gasteiger partial charge in [-0.05, 0) is 36.4 Å². The average Bonchev–Trinajstić information content (AvgIpc) is 3.34. The van der Waals surface area contributed by atoms with E-state index in [-0.39, 0.29) is 44.0 Å².